The number of hydrogen-bond acceptors (Lipinski definition) is 3. The maximum absolute atomic E-state index is 11.7. The summed E-state index contributed by atoms with van der Waals surface area (Å²) in [4.78, 5) is 15.9. The molecule has 1 aromatic rings. The standard InChI is InChI=1S/C14H23N3O/c1-5-14(3,4)17-13(18)10-15-8-12-7-6-11(2)16-9-12/h6-7,9,15H,5,8,10H2,1-4H3,(H,17,18). The van der Waals surface area contributed by atoms with Gasteiger partial charge < -0.3 is 10.6 Å². The van der Waals surface area contributed by atoms with Crippen LogP contribution in [0.2, 0.25) is 0 Å². The number of aromatic nitrogens is 1. The summed E-state index contributed by atoms with van der Waals surface area (Å²) in [6.07, 6.45) is 2.75. The first-order chi connectivity index (χ1) is 8.43. The largest absolute Gasteiger partial charge is 0.350 e. The first-order valence-corrected chi connectivity index (χ1v) is 6.36. The summed E-state index contributed by atoms with van der Waals surface area (Å²) in [7, 11) is 0. The Morgan fingerprint density at radius 3 is 2.67 bits per heavy atom. The summed E-state index contributed by atoms with van der Waals surface area (Å²) in [5.74, 6) is 0.0296. The second kappa shape index (κ2) is 6.50. The number of hydrogen-bond donors (Lipinski definition) is 2. The van der Waals surface area contributed by atoms with Crippen LogP contribution in [0, 0.1) is 6.92 Å². The van der Waals surface area contributed by atoms with E-state index in [0.29, 0.717) is 13.1 Å². The zero-order valence-corrected chi connectivity index (χ0v) is 11.7. The second-order valence-corrected chi connectivity index (χ2v) is 5.20. The lowest BCUT2D eigenvalue weighted by Gasteiger charge is -2.24. The molecule has 0 fully saturated rings. The summed E-state index contributed by atoms with van der Waals surface area (Å²) in [6.45, 7) is 9.05. The number of amides is 1. The zero-order valence-electron chi connectivity index (χ0n) is 11.7. The van der Waals surface area contributed by atoms with Crippen LogP contribution in [0.4, 0.5) is 0 Å². The van der Waals surface area contributed by atoms with Crippen molar-refractivity contribution in [2.24, 2.45) is 0 Å². The molecule has 0 unspecified atom stereocenters. The van der Waals surface area contributed by atoms with Gasteiger partial charge in [-0.15, -0.1) is 0 Å². The van der Waals surface area contributed by atoms with Crippen molar-refractivity contribution in [1.29, 1.82) is 0 Å². The van der Waals surface area contributed by atoms with Crippen molar-refractivity contribution < 1.29 is 4.79 Å². The number of nitrogens with zero attached hydrogens (tertiary/aromatic N) is 1. The van der Waals surface area contributed by atoms with Gasteiger partial charge in [-0.05, 0) is 38.8 Å². The van der Waals surface area contributed by atoms with E-state index in [4.69, 9.17) is 0 Å². The average molecular weight is 249 g/mol. The van der Waals surface area contributed by atoms with Gasteiger partial charge in [0.25, 0.3) is 0 Å². The molecule has 0 saturated carbocycles. The normalized spacial score (nSPS) is 11.3. The third-order valence-electron chi connectivity index (χ3n) is 2.95. The Hall–Kier alpha value is -1.42. The van der Waals surface area contributed by atoms with Crippen LogP contribution >= 0.6 is 0 Å². The number of nitrogens with one attached hydrogen (secondary N) is 2. The maximum Gasteiger partial charge on any atom is 0.234 e. The highest BCUT2D eigenvalue weighted by Gasteiger charge is 2.16. The van der Waals surface area contributed by atoms with Gasteiger partial charge >= 0.3 is 0 Å². The number of carbonyl (C=O) groups is 1. The van der Waals surface area contributed by atoms with E-state index in [1.54, 1.807) is 0 Å². The molecule has 2 N–H and O–H groups in total. The minimum Gasteiger partial charge on any atom is -0.350 e. The van der Waals surface area contributed by atoms with Gasteiger partial charge in [-0.1, -0.05) is 13.0 Å². The molecule has 1 heterocycles. The fourth-order valence-electron chi connectivity index (χ4n) is 1.43. The molecule has 0 aromatic carbocycles. The minimum atomic E-state index is -0.135. The Bertz CT molecular complexity index is 385. The van der Waals surface area contributed by atoms with Gasteiger partial charge in [-0.3, -0.25) is 9.78 Å². The highest BCUT2D eigenvalue weighted by atomic mass is 16.2. The predicted molar refractivity (Wildman–Crippen MR) is 73.2 cm³/mol. The lowest BCUT2D eigenvalue weighted by molar-refractivity contribution is -0.121. The summed E-state index contributed by atoms with van der Waals surface area (Å²) in [5.41, 5.74) is 1.95. The van der Waals surface area contributed by atoms with Crippen LogP contribution in [0.5, 0.6) is 0 Å². The molecule has 1 aromatic heterocycles. The molecule has 18 heavy (non-hydrogen) atoms. The highest BCUT2D eigenvalue weighted by Crippen LogP contribution is 2.06. The van der Waals surface area contributed by atoms with Gasteiger partial charge in [0.1, 0.15) is 0 Å². The molecule has 4 heteroatoms. The Kier molecular flexibility index (Phi) is 5.28. The average Bonchev–Trinajstić information content (AvgIpc) is 2.31. The SMILES string of the molecule is CCC(C)(C)NC(=O)CNCc1ccc(C)nc1. The van der Waals surface area contributed by atoms with Crippen LogP contribution in [0.25, 0.3) is 0 Å². The monoisotopic (exact) mass is 249 g/mol. The molecule has 0 aliphatic heterocycles. The molecule has 0 aliphatic carbocycles. The number of pyridine rings is 1. The van der Waals surface area contributed by atoms with Crippen LogP contribution < -0.4 is 10.6 Å². The van der Waals surface area contributed by atoms with E-state index in [9.17, 15) is 4.79 Å². The molecule has 1 rings (SSSR count). The molecule has 0 saturated heterocycles. The third-order valence-corrected chi connectivity index (χ3v) is 2.95. The summed E-state index contributed by atoms with van der Waals surface area (Å²) < 4.78 is 0. The van der Waals surface area contributed by atoms with Crippen LogP contribution in [0.1, 0.15) is 38.4 Å². The second-order valence-electron chi connectivity index (χ2n) is 5.20. The Balaban J connectivity index is 2.29. The van der Waals surface area contributed by atoms with Crippen molar-refractivity contribution in [2.75, 3.05) is 6.54 Å². The molecule has 0 atom stereocenters. The highest BCUT2D eigenvalue weighted by molar-refractivity contribution is 5.78. The third kappa shape index (κ3) is 5.27. The van der Waals surface area contributed by atoms with Crippen LogP contribution in [0.3, 0.4) is 0 Å². The lowest BCUT2D eigenvalue weighted by Crippen LogP contribution is -2.46. The zero-order chi connectivity index (χ0) is 13.6. The Morgan fingerprint density at radius 2 is 2.11 bits per heavy atom. The lowest BCUT2D eigenvalue weighted by atomic mass is 10.0. The minimum absolute atomic E-state index is 0.0296. The van der Waals surface area contributed by atoms with Crippen molar-refractivity contribution >= 4 is 5.91 Å². The molecular weight excluding hydrogens is 226 g/mol. The van der Waals surface area contributed by atoms with Crippen LogP contribution in [-0.2, 0) is 11.3 Å². The number of rotatable bonds is 6. The Morgan fingerprint density at radius 1 is 1.39 bits per heavy atom. The van der Waals surface area contributed by atoms with Crippen LogP contribution in [0.15, 0.2) is 18.3 Å². The first kappa shape index (κ1) is 14.6. The van der Waals surface area contributed by atoms with Crippen molar-refractivity contribution in [2.45, 2.75) is 46.2 Å². The van der Waals surface area contributed by atoms with Crippen molar-refractivity contribution in [3.05, 3.63) is 29.6 Å². The van der Waals surface area contributed by atoms with Crippen molar-refractivity contribution in [3.63, 3.8) is 0 Å². The maximum atomic E-state index is 11.7. The topological polar surface area (TPSA) is 54.0 Å². The van der Waals surface area contributed by atoms with E-state index in [1.807, 2.05) is 39.1 Å². The summed E-state index contributed by atoms with van der Waals surface area (Å²) >= 11 is 0. The summed E-state index contributed by atoms with van der Waals surface area (Å²) in [5, 5.41) is 6.10. The van der Waals surface area contributed by atoms with Crippen molar-refractivity contribution in [1.82, 2.24) is 15.6 Å². The fourth-order valence-corrected chi connectivity index (χ4v) is 1.43. The summed E-state index contributed by atoms with van der Waals surface area (Å²) in [6, 6.07) is 3.99. The molecule has 1 amide bonds. The van der Waals surface area contributed by atoms with Gasteiger partial charge in [0.2, 0.25) is 5.91 Å². The molecule has 0 aliphatic rings. The first-order valence-electron chi connectivity index (χ1n) is 6.36. The van der Waals surface area contributed by atoms with E-state index in [1.165, 1.54) is 0 Å². The molecule has 0 bridgehead atoms. The smallest absolute Gasteiger partial charge is 0.234 e. The van der Waals surface area contributed by atoms with Gasteiger partial charge in [0.15, 0.2) is 0 Å². The van der Waals surface area contributed by atoms with E-state index in [2.05, 4.69) is 22.5 Å². The van der Waals surface area contributed by atoms with E-state index in [-0.39, 0.29) is 11.4 Å². The number of aryl methyl sites for hydroxylation is 1. The predicted octanol–water partition coefficient (Wildman–Crippen LogP) is 1.78. The fraction of sp³-hybridized carbons (Fsp3) is 0.571. The van der Waals surface area contributed by atoms with Gasteiger partial charge in [-0.2, -0.15) is 0 Å². The van der Waals surface area contributed by atoms with Crippen molar-refractivity contribution in [3.8, 4) is 0 Å². The molecule has 100 valence electrons. The Labute approximate surface area is 109 Å². The van der Waals surface area contributed by atoms with Gasteiger partial charge in [0.05, 0.1) is 6.54 Å². The number of carbonyl (C=O) groups excluding carboxylic acids is 1. The molecule has 4 nitrogen and oxygen atoms in total. The van der Waals surface area contributed by atoms with Crippen LogP contribution in [-0.4, -0.2) is 23.0 Å². The molecule has 0 radical (unpaired) electrons. The quantitative estimate of drug-likeness (QED) is 0.808. The molecular formula is C14H23N3O. The van der Waals surface area contributed by atoms with E-state index in [0.717, 1.165) is 17.7 Å². The van der Waals surface area contributed by atoms with Gasteiger partial charge in [0, 0.05) is 24.0 Å². The van der Waals surface area contributed by atoms with E-state index >= 15 is 0 Å². The van der Waals surface area contributed by atoms with Gasteiger partial charge in [-0.25, -0.2) is 0 Å². The van der Waals surface area contributed by atoms with E-state index < -0.39 is 0 Å². The molecule has 0 spiro atoms.